The second-order valence-corrected chi connectivity index (χ2v) is 8.39. The van der Waals surface area contributed by atoms with Crippen molar-refractivity contribution in [2.45, 2.75) is 44.9 Å². The molecule has 170 valence electrons. The molecular formula is C20H31F2N3O4S. The molecule has 0 radical (unpaired) electrons. The van der Waals surface area contributed by atoms with Gasteiger partial charge in [0.2, 0.25) is 5.91 Å². The van der Waals surface area contributed by atoms with E-state index in [0.717, 1.165) is 24.0 Å². The van der Waals surface area contributed by atoms with Crippen molar-refractivity contribution >= 4 is 23.8 Å². The third-order valence-electron chi connectivity index (χ3n) is 4.24. The van der Waals surface area contributed by atoms with E-state index in [0.29, 0.717) is 18.9 Å². The summed E-state index contributed by atoms with van der Waals surface area (Å²) in [5, 5.41) is 16.3. The normalized spacial score (nSPS) is 14.2. The van der Waals surface area contributed by atoms with Crippen LogP contribution in [0.3, 0.4) is 0 Å². The number of carbonyl (C=O) groups excluding carboxylic acids is 2. The van der Waals surface area contributed by atoms with Crippen molar-refractivity contribution in [1.29, 1.82) is 0 Å². The highest BCUT2D eigenvalue weighted by Gasteiger charge is 2.26. The maximum absolute atomic E-state index is 13.4. The highest BCUT2D eigenvalue weighted by atomic mass is 32.2. The summed E-state index contributed by atoms with van der Waals surface area (Å²) in [7, 11) is 0. The predicted molar refractivity (Wildman–Crippen MR) is 113 cm³/mol. The Morgan fingerprint density at radius 2 is 1.83 bits per heavy atom. The van der Waals surface area contributed by atoms with Gasteiger partial charge in [0.25, 0.3) is 0 Å². The topological polar surface area (TPSA) is 114 Å². The van der Waals surface area contributed by atoms with Gasteiger partial charge in [0, 0.05) is 25.6 Å². The first-order valence-corrected chi connectivity index (χ1v) is 11.1. The summed E-state index contributed by atoms with van der Waals surface area (Å²) in [5.41, 5.74) is 5.28. The summed E-state index contributed by atoms with van der Waals surface area (Å²) < 4.78 is 31.8. The Kier molecular flexibility index (Phi) is 11.7. The largest absolute Gasteiger partial charge is 0.443 e. The average Bonchev–Trinajstić information content (AvgIpc) is 2.64. The maximum atomic E-state index is 13.4. The minimum absolute atomic E-state index is 0.0795. The van der Waals surface area contributed by atoms with Gasteiger partial charge in [0.15, 0.2) is 0 Å². The molecule has 0 aliphatic carbocycles. The molecule has 0 fully saturated rings. The Morgan fingerprint density at radius 3 is 2.37 bits per heavy atom. The fraction of sp³-hybridized carbons (Fsp3) is 0.600. The van der Waals surface area contributed by atoms with Crippen LogP contribution in [0, 0.1) is 17.6 Å². The smallest absolute Gasteiger partial charge is 0.404 e. The van der Waals surface area contributed by atoms with Crippen LogP contribution in [0.15, 0.2) is 18.2 Å². The molecule has 0 saturated heterocycles. The fourth-order valence-electron chi connectivity index (χ4n) is 2.75. The Hall–Kier alpha value is -1.91. The van der Waals surface area contributed by atoms with E-state index < -0.39 is 36.0 Å². The number of primary amides is 1. The molecular weight excluding hydrogens is 416 g/mol. The molecule has 7 nitrogen and oxygen atoms in total. The van der Waals surface area contributed by atoms with Gasteiger partial charge >= 0.3 is 6.09 Å². The van der Waals surface area contributed by atoms with Gasteiger partial charge < -0.3 is 26.2 Å². The van der Waals surface area contributed by atoms with Crippen molar-refractivity contribution in [2.75, 3.05) is 25.1 Å². The second kappa shape index (κ2) is 13.4. The van der Waals surface area contributed by atoms with Crippen LogP contribution in [-0.2, 0) is 16.0 Å². The SMILES string of the molecule is CSCC[C@H](NC[C@@H](O)[C@H](Cc1cc(F)cc(F)c1)OC(N)=O)C(=O)NCC(C)C. The first kappa shape index (κ1) is 26.1. The molecule has 0 bridgehead atoms. The number of carbonyl (C=O) groups is 2. The van der Waals surface area contributed by atoms with Crippen molar-refractivity contribution in [3.63, 3.8) is 0 Å². The molecule has 1 aromatic carbocycles. The molecule has 0 spiro atoms. The molecule has 10 heteroatoms. The summed E-state index contributed by atoms with van der Waals surface area (Å²) in [6, 6.07) is 2.34. The molecule has 5 N–H and O–H groups in total. The molecule has 0 heterocycles. The Morgan fingerprint density at radius 1 is 1.20 bits per heavy atom. The van der Waals surface area contributed by atoms with Crippen molar-refractivity contribution in [3.8, 4) is 0 Å². The molecule has 0 aliphatic rings. The van der Waals surface area contributed by atoms with E-state index in [2.05, 4.69) is 10.6 Å². The zero-order valence-corrected chi connectivity index (χ0v) is 18.3. The van der Waals surface area contributed by atoms with Crippen molar-refractivity contribution in [1.82, 2.24) is 10.6 Å². The zero-order chi connectivity index (χ0) is 22.7. The number of aliphatic hydroxyl groups excluding tert-OH is 1. The monoisotopic (exact) mass is 447 g/mol. The molecule has 1 rings (SSSR count). The third-order valence-corrected chi connectivity index (χ3v) is 4.88. The second-order valence-electron chi connectivity index (χ2n) is 7.41. The molecule has 1 aromatic rings. The molecule has 0 aliphatic heterocycles. The van der Waals surface area contributed by atoms with Crippen LogP contribution in [0.2, 0.25) is 0 Å². The maximum Gasteiger partial charge on any atom is 0.404 e. The predicted octanol–water partition coefficient (Wildman–Crippen LogP) is 1.82. The van der Waals surface area contributed by atoms with Crippen LogP contribution in [0.25, 0.3) is 0 Å². The lowest BCUT2D eigenvalue weighted by molar-refractivity contribution is -0.123. The van der Waals surface area contributed by atoms with E-state index >= 15 is 0 Å². The van der Waals surface area contributed by atoms with E-state index in [-0.39, 0.29) is 24.4 Å². The van der Waals surface area contributed by atoms with Gasteiger partial charge in [-0.25, -0.2) is 13.6 Å². The van der Waals surface area contributed by atoms with Crippen molar-refractivity contribution < 1.29 is 28.2 Å². The van der Waals surface area contributed by atoms with Crippen LogP contribution in [0.4, 0.5) is 13.6 Å². The number of rotatable bonds is 13. The molecule has 0 aromatic heterocycles. The van der Waals surface area contributed by atoms with Crippen molar-refractivity contribution in [2.24, 2.45) is 11.7 Å². The number of benzene rings is 1. The molecule has 3 atom stereocenters. The number of aliphatic hydroxyl groups is 1. The van der Waals surface area contributed by atoms with Crippen molar-refractivity contribution in [3.05, 3.63) is 35.4 Å². The average molecular weight is 448 g/mol. The van der Waals surface area contributed by atoms with Crippen LogP contribution in [0.5, 0.6) is 0 Å². The van der Waals surface area contributed by atoms with Gasteiger partial charge in [-0.2, -0.15) is 11.8 Å². The Balaban J connectivity index is 2.80. The van der Waals surface area contributed by atoms with Gasteiger partial charge in [0.1, 0.15) is 23.8 Å². The number of nitrogens with one attached hydrogen (secondary N) is 2. The van der Waals surface area contributed by atoms with Gasteiger partial charge in [-0.05, 0) is 42.0 Å². The number of halogens is 2. The van der Waals surface area contributed by atoms with Gasteiger partial charge in [0.05, 0.1) is 6.04 Å². The molecule has 0 unspecified atom stereocenters. The van der Waals surface area contributed by atoms with Gasteiger partial charge in [-0.3, -0.25) is 4.79 Å². The summed E-state index contributed by atoms with van der Waals surface area (Å²) in [5.74, 6) is -0.735. The molecule has 0 saturated carbocycles. The number of hydrogen-bond acceptors (Lipinski definition) is 6. The minimum atomic E-state index is -1.25. The zero-order valence-electron chi connectivity index (χ0n) is 17.5. The highest BCUT2D eigenvalue weighted by Crippen LogP contribution is 2.14. The van der Waals surface area contributed by atoms with Crippen LogP contribution >= 0.6 is 11.8 Å². The lowest BCUT2D eigenvalue weighted by atomic mass is 10.0. The Bertz CT molecular complexity index is 674. The molecule has 30 heavy (non-hydrogen) atoms. The number of amides is 2. The van der Waals surface area contributed by atoms with E-state index in [1.165, 1.54) is 0 Å². The van der Waals surface area contributed by atoms with Crippen LogP contribution in [-0.4, -0.2) is 60.5 Å². The number of ether oxygens (including phenoxy) is 1. The van der Waals surface area contributed by atoms with E-state index in [4.69, 9.17) is 10.5 Å². The lowest BCUT2D eigenvalue weighted by Crippen LogP contribution is -2.50. The van der Waals surface area contributed by atoms with Crippen LogP contribution in [0.1, 0.15) is 25.8 Å². The lowest BCUT2D eigenvalue weighted by Gasteiger charge is -2.25. The number of nitrogens with two attached hydrogens (primary N) is 1. The summed E-state index contributed by atoms with van der Waals surface area (Å²) >= 11 is 1.59. The van der Waals surface area contributed by atoms with E-state index in [1.54, 1.807) is 11.8 Å². The summed E-state index contributed by atoms with van der Waals surface area (Å²) in [4.78, 5) is 23.7. The first-order chi connectivity index (χ1) is 14.1. The number of hydrogen-bond donors (Lipinski definition) is 4. The quantitative estimate of drug-likeness (QED) is 0.367. The standard InChI is InChI=1S/C20H31F2N3O4S/c1-12(2)10-25-19(27)16(4-5-30-3)24-11-17(26)18(29-20(23)28)8-13-6-14(21)9-15(22)7-13/h6-7,9,12,16-18,24,26H,4-5,8,10-11H2,1-3H3,(H2,23,28)(H,25,27)/t16-,17+,18-/m0/s1. The summed E-state index contributed by atoms with van der Waals surface area (Å²) in [6.45, 7) is 4.41. The van der Waals surface area contributed by atoms with E-state index in [1.807, 2.05) is 20.1 Å². The minimum Gasteiger partial charge on any atom is -0.443 e. The highest BCUT2D eigenvalue weighted by molar-refractivity contribution is 7.98. The first-order valence-electron chi connectivity index (χ1n) is 9.71. The Labute approximate surface area is 180 Å². The number of thioether (sulfide) groups is 1. The molecule has 2 amide bonds. The van der Waals surface area contributed by atoms with Crippen LogP contribution < -0.4 is 16.4 Å². The third kappa shape index (κ3) is 10.2. The summed E-state index contributed by atoms with van der Waals surface area (Å²) in [6.07, 6.45) is -1.20. The fourth-order valence-corrected chi connectivity index (χ4v) is 3.22. The van der Waals surface area contributed by atoms with E-state index in [9.17, 15) is 23.5 Å². The van der Waals surface area contributed by atoms with Gasteiger partial charge in [-0.1, -0.05) is 13.8 Å². The van der Waals surface area contributed by atoms with Gasteiger partial charge in [-0.15, -0.1) is 0 Å².